The van der Waals surface area contributed by atoms with Crippen LogP contribution >= 0.6 is 12.4 Å². The number of rotatable bonds is 10. The van der Waals surface area contributed by atoms with Crippen LogP contribution in [-0.4, -0.2) is 43.6 Å². The second kappa shape index (κ2) is 12.1. The Morgan fingerprint density at radius 1 is 1.29 bits per heavy atom. The van der Waals surface area contributed by atoms with Crippen LogP contribution in [0.25, 0.3) is 0 Å². The van der Waals surface area contributed by atoms with E-state index in [1.807, 2.05) is 25.1 Å². The van der Waals surface area contributed by atoms with E-state index in [9.17, 15) is 4.79 Å². The summed E-state index contributed by atoms with van der Waals surface area (Å²) < 4.78 is 5.32. The summed E-state index contributed by atoms with van der Waals surface area (Å²) in [7, 11) is 1.66. The number of halogens is 1. The molecule has 0 aromatic heterocycles. The zero-order valence-corrected chi connectivity index (χ0v) is 16.1. The summed E-state index contributed by atoms with van der Waals surface area (Å²) in [4.78, 5) is 14.4. The summed E-state index contributed by atoms with van der Waals surface area (Å²) in [6.45, 7) is 8.65. The quantitative estimate of drug-likeness (QED) is 0.675. The van der Waals surface area contributed by atoms with Gasteiger partial charge in [0.05, 0.1) is 19.2 Å². The number of hydrogen-bond acceptors (Lipinski definition) is 4. The highest BCUT2D eigenvalue weighted by Crippen LogP contribution is 2.23. The molecule has 0 radical (unpaired) electrons. The van der Waals surface area contributed by atoms with Gasteiger partial charge in [0.2, 0.25) is 5.91 Å². The highest BCUT2D eigenvalue weighted by Gasteiger charge is 2.21. The Balaban J connectivity index is 0.00000529. The molecular weight excluding hydrogens is 326 g/mol. The molecule has 0 aliphatic rings. The molecule has 0 aliphatic carbocycles. The number of carbonyl (C=O) groups is 1. The van der Waals surface area contributed by atoms with Gasteiger partial charge in [0.1, 0.15) is 5.75 Å². The van der Waals surface area contributed by atoms with E-state index >= 15 is 0 Å². The van der Waals surface area contributed by atoms with Gasteiger partial charge in [-0.3, -0.25) is 9.69 Å². The molecular formula is C18H32ClN3O2. The van der Waals surface area contributed by atoms with Crippen molar-refractivity contribution in [2.75, 3.05) is 26.7 Å². The molecule has 0 fully saturated rings. The van der Waals surface area contributed by atoms with E-state index in [-0.39, 0.29) is 24.4 Å². The predicted octanol–water partition coefficient (Wildman–Crippen LogP) is 2.74. The van der Waals surface area contributed by atoms with Crippen molar-refractivity contribution >= 4 is 18.3 Å². The van der Waals surface area contributed by atoms with Crippen molar-refractivity contribution < 1.29 is 9.53 Å². The van der Waals surface area contributed by atoms with E-state index in [0.29, 0.717) is 13.0 Å². The van der Waals surface area contributed by atoms with Crippen LogP contribution < -0.4 is 15.8 Å². The highest BCUT2D eigenvalue weighted by molar-refractivity contribution is 5.85. The van der Waals surface area contributed by atoms with Crippen molar-refractivity contribution in [2.45, 2.75) is 45.7 Å². The largest absolute Gasteiger partial charge is 0.497 e. The maximum absolute atomic E-state index is 12.1. The summed E-state index contributed by atoms with van der Waals surface area (Å²) in [6.07, 6.45) is 1.62. The van der Waals surface area contributed by atoms with Crippen LogP contribution in [-0.2, 0) is 4.79 Å². The van der Waals surface area contributed by atoms with Crippen molar-refractivity contribution in [3.8, 4) is 5.75 Å². The molecule has 3 N–H and O–H groups in total. The van der Waals surface area contributed by atoms with E-state index in [4.69, 9.17) is 10.5 Å². The smallest absolute Gasteiger partial charge is 0.236 e. The number of nitrogens with zero attached hydrogens (tertiary/aromatic N) is 1. The van der Waals surface area contributed by atoms with Crippen LogP contribution in [0, 0.1) is 0 Å². The number of benzene rings is 1. The zero-order chi connectivity index (χ0) is 17.2. The Labute approximate surface area is 152 Å². The third kappa shape index (κ3) is 6.67. The molecule has 2 atom stereocenters. The molecule has 6 heteroatoms. The molecule has 1 rings (SSSR count). The van der Waals surface area contributed by atoms with E-state index in [0.717, 1.165) is 30.8 Å². The first kappa shape index (κ1) is 22.7. The first-order valence-electron chi connectivity index (χ1n) is 8.48. The van der Waals surface area contributed by atoms with Crippen LogP contribution in [0.1, 0.15) is 45.2 Å². The van der Waals surface area contributed by atoms with Gasteiger partial charge in [0.25, 0.3) is 0 Å². The molecule has 24 heavy (non-hydrogen) atoms. The summed E-state index contributed by atoms with van der Waals surface area (Å²) in [5, 5.41) is 3.01. The van der Waals surface area contributed by atoms with Crippen molar-refractivity contribution in [3.63, 3.8) is 0 Å². The lowest BCUT2D eigenvalue weighted by molar-refractivity contribution is -0.122. The fraction of sp³-hybridized carbons (Fsp3) is 0.611. The standard InChI is InChI=1S/C18H31N3O2.ClH/c1-5-9-16(19)18(22)20-13-17(21(6-2)7-3)14-10-8-11-15(12-14)23-4;/h8,10-12,16-17H,5-7,9,13,19H2,1-4H3,(H,20,22);1H. The summed E-state index contributed by atoms with van der Waals surface area (Å²) in [5.41, 5.74) is 7.03. The lowest BCUT2D eigenvalue weighted by atomic mass is 10.0. The van der Waals surface area contributed by atoms with Gasteiger partial charge in [-0.2, -0.15) is 0 Å². The van der Waals surface area contributed by atoms with Gasteiger partial charge in [-0.15, -0.1) is 12.4 Å². The fourth-order valence-corrected chi connectivity index (χ4v) is 2.74. The van der Waals surface area contributed by atoms with Crippen molar-refractivity contribution in [3.05, 3.63) is 29.8 Å². The van der Waals surface area contributed by atoms with Gasteiger partial charge < -0.3 is 15.8 Å². The average Bonchev–Trinajstić information content (AvgIpc) is 2.58. The monoisotopic (exact) mass is 357 g/mol. The van der Waals surface area contributed by atoms with Crippen LogP contribution in [0.5, 0.6) is 5.75 Å². The van der Waals surface area contributed by atoms with Gasteiger partial charge in [-0.05, 0) is 37.2 Å². The molecule has 1 aromatic carbocycles. The molecule has 138 valence electrons. The van der Waals surface area contributed by atoms with E-state index in [1.54, 1.807) is 7.11 Å². The highest BCUT2D eigenvalue weighted by atomic mass is 35.5. The van der Waals surface area contributed by atoms with Crippen LogP contribution in [0.2, 0.25) is 0 Å². The van der Waals surface area contributed by atoms with Crippen LogP contribution in [0.4, 0.5) is 0 Å². The van der Waals surface area contributed by atoms with E-state index in [1.165, 1.54) is 0 Å². The number of carbonyl (C=O) groups excluding carboxylic acids is 1. The maximum atomic E-state index is 12.1. The molecule has 0 saturated carbocycles. The average molecular weight is 358 g/mol. The molecule has 1 aromatic rings. The Bertz CT molecular complexity index is 481. The number of methoxy groups -OCH3 is 1. The zero-order valence-electron chi connectivity index (χ0n) is 15.2. The first-order chi connectivity index (χ1) is 11.1. The molecule has 0 bridgehead atoms. The SMILES string of the molecule is CCCC(N)C(=O)NCC(c1cccc(OC)c1)N(CC)CC.Cl. The number of amides is 1. The topological polar surface area (TPSA) is 67.6 Å². The van der Waals surface area contributed by atoms with Crippen molar-refractivity contribution in [1.82, 2.24) is 10.2 Å². The summed E-state index contributed by atoms with van der Waals surface area (Å²) in [6, 6.07) is 7.69. The Morgan fingerprint density at radius 2 is 1.96 bits per heavy atom. The molecule has 0 spiro atoms. The van der Waals surface area contributed by atoms with E-state index < -0.39 is 6.04 Å². The van der Waals surface area contributed by atoms with Gasteiger partial charge >= 0.3 is 0 Å². The number of ether oxygens (including phenoxy) is 1. The summed E-state index contributed by atoms with van der Waals surface area (Å²) >= 11 is 0. The van der Waals surface area contributed by atoms with Crippen LogP contribution in [0.3, 0.4) is 0 Å². The normalized spacial score (nSPS) is 13.1. The Kier molecular flexibility index (Phi) is 11.5. The third-order valence-electron chi connectivity index (χ3n) is 4.14. The minimum Gasteiger partial charge on any atom is -0.497 e. The van der Waals surface area contributed by atoms with Gasteiger partial charge in [0.15, 0.2) is 0 Å². The Morgan fingerprint density at radius 3 is 2.50 bits per heavy atom. The second-order valence-corrected chi connectivity index (χ2v) is 5.65. The van der Waals surface area contributed by atoms with Gasteiger partial charge in [0, 0.05) is 6.54 Å². The molecule has 0 aliphatic heterocycles. The minimum absolute atomic E-state index is 0. The Hall–Kier alpha value is -1.30. The number of likely N-dealkylation sites (N-methyl/N-ethyl adjacent to an activating group) is 1. The molecule has 5 nitrogen and oxygen atoms in total. The van der Waals surface area contributed by atoms with Crippen LogP contribution in [0.15, 0.2) is 24.3 Å². The third-order valence-corrected chi connectivity index (χ3v) is 4.14. The number of nitrogens with one attached hydrogen (secondary N) is 1. The van der Waals surface area contributed by atoms with Crippen molar-refractivity contribution in [2.24, 2.45) is 5.73 Å². The lowest BCUT2D eigenvalue weighted by Gasteiger charge is -2.30. The molecule has 1 amide bonds. The second-order valence-electron chi connectivity index (χ2n) is 5.65. The van der Waals surface area contributed by atoms with Gasteiger partial charge in [-0.1, -0.05) is 39.3 Å². The number of hydrogen-bond donors (Lipinski definition) is 2. The number of nitrogens with two attached hydrogens (primary N) is 1. The first-order valence-corrected chi connectivity index (χ1v) is 8.48. The van der Waals surface area contributed by atoms with Crippen molar-refractivity contribution in [1.29, 1.82) is 0 Å². The fourth-order valence-electron chi connectivity index (χ4n) is 2.74. The molecule has 0 saturated heterocycles. The maximum Gasteiger partial charge on any atom is 0.236 e. The minimum atomic E-state index is -0.428. The lowest BCUT2D eigenvalue weighted by Crippen LogP contribution is -2.44. The summed E-state index contributed by atoms with van der Waals surface area (Å²) in [5.74, 6) is 0.751. The molecule has 2 unspecified atom stereocenters. The predicted molar refractivity (Wildman–Crippen MR) is 102 cm³/mol. The molecule has 0 heterocycles. The van der Waals surface area contributed by atoms with E-state index in [2.05, 4.69) is 30.1 Å². The van der Waals surface area contributed by atoms with Gasteiger partial charge in [-0.25, -0.2) is 0 Å².